The van der Waals surface area contributed by atoms with Gasteiger partial charge in [0.25, 0.3) is 0 Å². The Labute approximate surface area is 148 Å². The summed E-state index contributed by atoms with van der Waals surface area (Å²) in [4.78, 5) is 15.2. The van der Waals surface area contributed by atoms with Crippen molar-refractivity contribution in [3.63, 3.8) is 0 Å². The van der Waals surface area contributed by atoms with E-state index in [1.807, 2.05) is 42.5 Å². The highest BCUT2D eigenvalue weighted by molar-refractivity contribution is 5.87. The molecule has 0 bridgehead atoms. The zero-order valence-corrected chi connectivity index (χ0v) is 14.4. The molecule has 2 N–H and O–H groups in total. The Morgan fingerprint density at radius 3 is 2.64 bits per heavy atom. The number of rotatable bonds is 7. The van der Waals surface area contributed by atoms with Gasteiger partial charge in [-0.2, -0.15) is 0 Å². The summed E-state index contributed by atoms with van der Waals surface area (Å²) in [7, 11) is 1.56. The molecule has 2 aromatic carbocycles. The van der Waals surface area contributed by atoms with E-state index in [4.69, 9.17) is 4.74 Å². The van der Waals surface area contributed by atoms with Gasteiger partial charge in [-0.3, -0.25) is 4.79 Å². The number of carbonyl (C=O) groups excluding carboxylic acids is 1. The van der Waals surface area contributed by atoms with Gasteiger partial charge in [0.15, 0.2) is 0 Å². The molecule has 2 atom stereocenters. The first-order chi connectivity index (χ1) is 12.2. The summed E-state index contributed by atoms with van der Waals surface area (Å²) in [5.41, 5.74) is 3.29. The Bertz CT molecular complexity index is 705. The number of para-hydroxylation sites is 1. The van der Waals surface area contributed by atoms with Crippen LogP contribution in [0.3, 0.4) is 0 Å². The Hall–Kier alpha value is -2.37. The fraction of sp³-hybridized carbons (Fsp3) is 0.350. The number of carbonyl (C=O) groups is 1. The fourth-order valence-corrected chi connectivity index (χ4v) is 3.36. The molecule has 0 spiro atoms. The van der Waals surface area contributed by atoms with E-state index in [0.717, 1.165) is 24.2 Å². The van der Waals surface area contributed by atoms with Crippen LogP contribution in [0.15, 0.2) is 54.6 Å². The molecule has 1 amide bonds. The lowest BCUT2D eigenvalue weighted by molar-refractivity contribution is -0.124. The van der Waals surface area contributed by atoms with Crippen LogP contribution in [0, 0.1) is 0 Å². The van der Waals surface area contributed by atoms with Crippen molar-refractivity contribution >= 4 is 11.6 Å². The second kappa shape index (κ2) is 8.14. The molecule has 0 aliphatic carbocycles. The number of hydrogen-bond donors (Lipinski definition) is 2. The maximum Gasteiger partial charge on any atom is 0.247 e. The van der Waals surface area contributed by atoms with Crippen molar-refractivity contribution in [2.45, 2.75) is 18.5 Å². The van der Waals surface area contributed by atoms with Gasteiger partial charge in [0.05, 0.1) is 19.3 Å². The van der Waals surface area contributed by atoms with Gasteiger partial charge in [-0.1, -0.05) is 48.5 Å². The van der Waals surface area contributed by atoms with Gasteiger partial charge in [0.2, 0.25) is 5.91 Å². The van der Waals surface area contributed by atoms with Gasteiger partial charge in [-0.15, -0.1) is 0 Å². The van der Waals surface area contributed by atoms with Crippen molar-refractivity contribution in [1.29, 1.82) is 0 Å². The standard InChI is InChI=1S/C20H24N2O3/c1-25-14-17(13-23)21-20(24)19(16-8-3-2-4-9-16)22-12-11-15-7-5-6-10-18(15)22/h2-10,17,19,23H,11-14H2,1H3,(H,21,24)/t17-,19?/m0/s1. The Kier molecular flexibility index (Phi) is 5.68. The summed E-state index contributed by atoms with van der Waals surface area (Å²) in [6.07, 6.45) is 0.925. The molecule has 1 aliphatic rings. The molecule has 132 valence electrons. The highest BCUT2D eigenvalue weighted by atomic mass is 16.5. The van der Waals surface area contributed by atoms with E-state index >= 15 is 0 Å². The van der Waals surface area contributed by atoms with E-state index in [0.29, 0.717) is 0 Å². The lowest BCUT2D eigenvalue weighted by atomic mass is 10.0. The number of benzene rings is 2. The SMILES string of the molecule is COC[C@H](CO)NC(=O)C(c1ccccc1)N1CCc2ccccc21. The van der Waals surface area contributed by atoms with Crippen LogP contribution in [0.4, 0.5) is 5.69 Å². The van der Waals surface area contributed by atoms with Gasteiger partial charge >= 0.3 is 0 Å². The summed E-state index contributed by atoms with van der Waals surface area (Å²) in [5, 5.41) is 12.4. The van der Waals surface area contributed by atoms with E-state index in [-0.39, 0.29) is 19.1 Å². The van der Waals surface area contributed by atoms with Crippen molar-refractivity contribution in [2.24, 2.45) is 0 Å². The minimum absolute atomic E-state index is 0.126. The topological polar surface area (TPSA) is 61.8 Å². The van der Waals surface area contributed by atoms with Crippen LogP contribution in [0.5, 0.6) is 0 Å². The van der Waals surface area contributed by atoms with Crippen molar-refractivity contribution in [2.75, 3.05) is 31.8 Å². The molecule has 1 unspecified atom stereocenters. The van der Waals surface area contributed by atoms with Gasteiger partial charge in [0, 0.05) is 19.3 Å². The monoisotopic (exact) mass is 340 g/mol. The predicted molar refractivity (Wildman–Crippen MR) is 97.6 cm³/mol. The number of nitrogens with one attached hydrogen (secondary N) is 1. The lowest BCUT2D eigenvalue weighted by Crippen LogP contribution is -2.47. The third-order valence-electron chi connectivity index (χ3n) is 4.53. The predicted octanol–water partition coefficient (Wildman–Crippen LogP) is 1.91. The van der Waals surface area contributed by atoms with Crippen LogP contribution in [-0.4, -0.2) is 43.9 Å². The molecule has 0 fully saturated rings. The van der Waals surface area contributed by atoms with Gasteiger partial charge < -0.3 is 20.1 Å². The Balaban J connectivity index is 1.90. The van der Waals surface area contributed by atoms with E-state index in [1.54, 1.807) is 7.11 Å². The maximum atomic E-state index is 13.1. The first-order valence-corrected chi connectivity index (χ1v) is 8.54. The molecule has 1 heterocycles. The number of amides is 1. The molecule has 5 nitrogen and oxygen atoms in total. The average molecular weight is 340 g/mol. The molecule has 0 saturated heterocycles. The first kappa shape index (κ1) is 17.5. The molecule has 2 aromatic rings. The third kappa shape index (κ3) is 3.83. The van der Waals surface area contributed by atoms with E-state index in [9.17, 15) is 9.90 Å². The molecule has 0 saturated carbocycles. The largest absolute Gasteiger partial charge is 0.394 e. The van der Waals surface area contributed by atoms with Crippen molar-refractivity contribution in [3.05, 3.63) is 65.7 Å². The molecule has 0 radical (unpaired) electrons. The highest BCUT2D eigenvalue weighted by Gasteiger charge is 2.33. The van der Waals surface area contributed by atoms with Crippen molar-refractivity contribution in [1.82, 2.24) is 5.32 Å². The molecule has 0 aromatic heterocycles. The molecule has 5 heteroatoms. The summed E-state index contributed by atoms with van der Waals surface area (Å²) in [5.74, 6) is -0.126. The lowest BCUT2D eigenvalue weighted by Gasteiger charge is -2.31. The van der Waals surface area contributed by atoms with Crippen LogP contribution in [0.1, 0.15) is 17.2 Å². The summed E-state index contributed by atoms with van der Waals surface area (Å²) in [6, 6.07) is 17.1. The molecular formula is C20H24N2O3. The Morgan fingerprint density at radius 1 is 1.20 bits per heavy atom. The number of ether oxygens (including phenoxy) is 1. The van der Waals surface area contributed by atoms with E-state index < -0.39 is 12.1 Å². The zero-order valence-electron chi connectivity index (χ0n) is 14.4. The third-order valence-corrected chi connectivity index (χ3v) is 4.53. The number of hydrogen-bond acceptors (Lipinski definition) is 4. The summed E-state index contributed by atoms with van der Waals surface area (Å²) in [6.45, 7) is 0.915. The minimum Gasteiger partial charge on any atom is -0.394 e. The molecule has 25 heavy (non-hydrogen) atoms. The van der Waals surface area contributed by atoms with Crippen LogP contribution >= 0.6 is 0 Å². The zero-order chi connectivity index (χ0) is 17.6. The second-order valence-electron chi connectivity index (χ2n) is 6.23. The van der Waals surface area contributed by atoms with Gasteiger partial charge in [-0.05, 0) is 23.6 Å². The number of nitrogens with zero attached hydrogens (tertiary/aromatic N) is 1. The number of methoxy groups -OCH3 is 1. The highest BCUT2D eigenvalue weighted by Crippen LogP contribution is 2.35. The molecule has 1 aliphatic heterocycles. The van der Waals surface area contributed by atoms with E-state index in [2.05, 4.69) is 22.3 Å². The smallest absolute Gasteiger partial charge is 0.247 e. The number of aliphatic hydroxyl groups is 1. The van der Waals surface area contributed by atoms with Gasteiger partial charge in [0.1, 0.15) is 6.04 Å². The average Bonchev–Trinajstić information content (AvgIpc) is 3.06. The normalized spacial score (nSPS) is 15.5. The van der Waals surface area contributed by atoms with Crippen LogP contribution in [0.2, 0.25) is 0 Å². The summed E-state index contributed by atoms with van der Waals surface area (Å²) >= 11 is 0. The Morgan fingerprint density at radius 2 is 1.92 bits per heavy atom. The summed E-state index contributed by atoms with van der Waals surface area (Å²) < 4.78 is 5.07. The quantitative estimate of drug-likeness (QED) is 0.808. The van der Waals surface area contributed by atoms with Crippen LogP contribution in [0.25, 0.3) is 0 Å². The molecule has 3 rings (SSSR count). The van der Waals surface area contributed by atoms with Crippen molar-refractivity contribution in [3.8, 4) is 0 Å². The first-order valence-electron chi connectivity index (χ1n) is 8.54. The van der Waals surface area contributed by atoms with Crippen molar-refractivity contribution < 1.29 is 14.6 Å². The van der Waals surface area contributed by atoms with E-state index in [1.165, 1.54) is 5.56 Å². The van der Waals surface area contributed by atoms with Crippen LogP contribution < -0.4 is 10.2 Å². The number of anilines is 1. The minimum atomic E-state index is -0.434. The van der Waals surface area contributed by atoms with Gasteiger partial charge in [-0.25, -0.2) is 0 Å². The molecular weight excluding hydrogens is 316 g/mol. The fourth-order valence-electron chi connectivity index (χ4n) is 3.36. The maximum absolute atomic E-state index is 13.1. The second-order valence-corrected chi connectivity index (χ2v) is 6.23. The number of fused-ring (bicyclic) bond motifs is 1. The van der Waals surface area contributed by atoms with Crippen LogP contribution in [-0.2, 0) is 16.0 Å². The number of aliphatic hydroxyl groups excluding tert-OH is 1.